The molecule has 0 spiro atoms. The minimum atomic E-state index is -0.956. The Morgan fingerprint density at radius 1 is 1.23 bits per heavy atom. The van der Waals surface area contributed by atoms with Gasteiger partial charge in [-0.3, -0.25) is 9.63 Å². The molecule has 2 atom stereocenters. The molecule has 0 bridgehead atoms. The van der Waals surface area contributed by atoms with Gasteiger partial charge in [-0.25, -0.2) is 4.79 Å². The van der Waals surface area contributed by atoms with Crippen LogP contribution in [0.4, 0.5) is 4.79 Å². The molecular formula is C18H27BrN2O5. The van der Waals surface area contributed by atoms with Gasteiger partial charge in [0.05, 0.1) is 6.61 Å². The van der Waals surface area contributed by atoms with Crippen LogP contribution in [0.25, 0.3) is 0 Å². The van der Waals surface area contributed by atoms with Gasteiger partial charge in [-0.05, 0) is 31.2 Å². The van der Waals surface area contributed by atoms with Gasteiger partial charge in [0.25, 0.3) is 0 Å². The number of ether oxygens (including phenoxy) is 1. The summed E-state index contributed by atoms with van der Waals surface area (Å²) in [5.74, 6) is -0.956. The maximum absolute atomic E-state index is 11.6. The third kappa shape index (κ3) is 10.4. The molecule has 146 valence electrons. The molecule has 0 aliphatic carbocycles. The predicted octanol–water partition coefficient (Wildman–Crippen LogP) is 3.23. The predicted molar refractivity (Wildman–Crippen MR) is 102 cm³/mol. The molecular weight excluding hydrogens is 404 g/mol. The lowest BCUT2D eigenvalue weighted by Crippen LogP contribution is -2.38. The molecule has 1 amide bonds. The van der Waals surface area contributed by atoms with Crippen LogP contribution < -0.4 is 10.8 Å². The maximum Gasteiger partial charge on any atom is 0.407 e. The Morgan fingerprint density at radius 2 is 1.96 bits per heavy atom. The van der Waals surface area contributed by atoms with E-state index in [-0.39, 0.29) is 11.4 Å². The summed E-state index contributed by atoms with van der Waals surface area (Å²) in [6.07, 6.45) is 2.12. The zero-order valence-corrected chi connectivity index (χ0v) is 16.5. The SMILES string of the molecule is CCC(Br)CON[C@H](CCCCNC(=O)OCc1ccccc1)C(=O)O. The van der Waals surface area contributed by atoms with Crippen molar-refractivity contribution in [3.05, 3.63) is 35.9 Å². The van der Waals surface area contributed by atoms with Crippen molar-refractivity contribution in [2.75, 3.05) is 13.2 Å². The van der Waals surface area contributed by atoms with Crippen molar-refractivity contribution in [1.29, 1.82) is 0 Å². The van der Waals surface area contributed by atoms with Crippen LogP contribution in [0.2, 0.25) is 0 Å². The Hall–Kier alpha value is -1.64. The first-order chi connectivity index (χ1) is 12.5. The number of hydrogen-bond acceptors (Lipinski definition) is 5. The summed E-state index contributed by atoms with van der Waals surface area (Å²) in [7, 11) is 0. The molecule has 1 unspecified atom stereocenters. The zero-order chi connectivity index (χ0) is 19.2. The number of aliphatic carboxylic acids is 1. The number of carboxylic acid groups (broad SMARTS) is 1. The Morgan fingerprint density at radius 3 is 2.62 bits per heavy atom. The second kappa shape index (κ2) is 13.5. The fourth-order valence-electron chi connectivity index (χ4n) is 2.03. The van der Waals surface area contributed by atoms with Gasteiger partial charge in [-0.1, -0.05) is 53.2 Å². The number of carbonyl (C=O) groups is 2. The number of unbranched alkanes of at least 4 members (excludes halogenated alkanes) is 1. The van der Waals surface area contributed by atoms with E-state index in [1.54, 1.807) is 0 Å². The molecule has 0 saturated carbocycles. The fourth-order valence-corrected chi connectivity index (χ4v) is 2.16. The Balaban J connectivity index is 2.11. The highest BCUT2D eigenvalue weighted by molar-refractivity contribution is 9.09. The molecule has 3 N–H and O–H groups in total. The van der Waals surface area contributed by atoms with Crippen molar-refractivity contribution in [3.63, 3.8) is 0 Å². The third-order valence-corrected chi connectivity index (χ3v) is 4.54. The molecule has 1 aromatic rings. The standard InChI is InChI=1S/C18H27BrN2O5/c1-2-15(19)13-26-21-16(17(22)23)10-6-7-11-20-18(24)25-12-14-8-4-3-5-9-14/h3-5,8-9,15-16,21H,2,6-7,10-13H2,1H3,(H,20,24)(H,22,23)/t15?,16-/m1/s1. The van der Waals surface area contributed by atoms with E-state index in [4.69, 9.17) is 9.57 Å². The Labute approximate surface area is 162 Å². The van der Waals surface area contributed by atoms with Crippen LogP contribution in [0.15, 0.2) is 30.3 Å². The summed E-state index contributed by atoms with van der Waals surface area (Å²) in [6, 6.07) is 8.66. The number of rotatable bonds is 13. The van der Waals surface area contributed by atoms with E-state index in [2.05, 4.69) is 26.7 Å². The highest BCUT2D eigenvalue weighted by Gasteiger charge is 2.17. The van der Waals surface area contributed by atoms with Crippen molar-refractivity contribution >= 4 is 28.0 Å². The van der Waals surface area contributed by atoms with Crippen molar-refractivity contribution < 1.29 is 24.3 Å². The summed E-state index contributed by atoms with van der Waals surface area (Å²) in [5, 5.41) is 11.8. The third-order valence-electron chi connectivity index (χ3n) is 3.63. The molecule has 0 heterocycles. The monoisotopic (exact) mass is 430 g/mol. The number of halogens is 1. The molecule has 8 heteroatoms. The number of alkyl halides is 1. The molecule has 1 rings (SSSR count). The van der Waals surface area contributed by atoms with Crippen LogP contribution in [0.1, 0.15) is 38.2 Å². The van der Waals surface area contributed by atoms with Crippen LogP contribution >= 0.6 is 15.9 Å². The van der Waals surface area contributed by atoms with E-state index in [1.807, 2.05) is 37.3 Å². The highest BCUT2D eigenvalue weighted by Crippen LogP contribution is 2.06. The smallest absolute Gasteiger partial charge is 0.407 e. The van der Waals surface area contributed by atoms with Crippen LogP contribution in [0.5, 0.6) is 0 Å². The molecule has 0 saturated heterocycles. The van der Waals surface area contributed by atoms with Gasteiger partial charge >= 0.3 is 12.1 Å². The summed E-state index contributed by atoms with van der Waals surface area (Å²) >= 11 is 3.41. The van der Waals surface area contributed by atoms with Crippen molar-refractivity contribution in [1.82, 2.24) is 10.8 Å². The normalized spacial score (nSPS) is 13.0. The first-order valence-corrected chi connectivity index (χ1v) is 9.63. The molecule has 1 aromatic carbocycles. The summed E-state index contributed by atoms with van der Waals surface area (Å²) < 4.78 is 5.10. The van der Waals surface area contributed by atoms with Crippen molar-refractivity contribution in [2.24, 2.45) is 0 Å². The summed E-state index contributed by atoms with van der Waals surface area (Å²) in [4.78, 5) is 28.2. The molecule has 0 aliphatic rings. The molecule has 0 radical (unpaired) electrons. The number of carboxylic acids is 1. The lowest BCUT2D eigenvalue weighted by Gasteiger charge is -2.15. The van der Waals surface area contributed by atoms with E-state index in [0.717, 1.165) is 12.0 Å². The minimum Gasteiger partial charge on any atom is -0.480 e. The van der Waals surface area contributed by atoms with E-state index in [0.29, 0.717) is 32.4 Å². The quantitative estimate of drug-likeness (QED) is 0.252. The summed E-state index contributed by atoms with van der Waals surface area (Å²) in [5.41, 5.74) is 3.50. The highest BCUT2D eigenvalue weighted by atomic mass is 79.9. The largest absolute Gasteiger partial charge is 0.480 e. The molecule has 0 aliphatic heterocycles. The number of hydrogen-bond donors (Lipinski definition) is 3. The first kappa shape index (κ1) is 22.4. The zero-order valence-electron chi connectivity index (χ0n) is 14.9. The first-order valence-electron chi connectivity index (χ1n) is 8.71. The number of nitrogens with one attached hydrogen (secondary N) is 2. The maximum atomic E-state index is 11.6. The van der Waals surface area contributed by atoms with Gasteiger partial charge in [0.2, 0.25) is 0 Å². The van der Waals surface area contributed by atoms with Crippen LogP contribution in [0, 0.1) is 0 Å². The van der Waals surface area contributed by atoms with Gasteiger partial charge in [0.15, 0.2) is 0 Å². The van der Waals surface area contributed by atoms with Gasteiger partial charge in [-0.2, -0.15) is 5.48 Å². The average molecular weight is 431 g/mol. The lowest BCUT2D eigenvalue weighted by molar-refractivity contribution is -0.144. The van der Waals surface area contributed by atoms with Crippen LogP contribution in [-0.2, 0) is 21.0 Å². The Bertz CT molecular complexity index is 530. The minimum absolute atomic E-state index is 0.190. The fraction of sp³-hybridized carbons (Fsp3) is 0.556. The molecule has 7 nitrogen and oxygen atoms in total. The lowest BCUT2D eigenvalue weighted by atomic mass is 10.1. The molecule has 0 fully saturated rings. The van der Waals surface area contributed by atoms with E-state index >= 15 is 0 Å². The van der Waals surface area contributed by atoms with Gasteiger partial charge < -0.3 is 15.2 Å². The average Bonchev–Trinajstić information content (AvgIpc) is 2.65. The number of amides is 1. The topological polar surface area (TPSA) is 96.9 Å². The molecule has 0 aromatic heterocycles. The summed E-state index contributed by atoms with van der Waals surface area (Å²) in [6.45, 7) is 3.06. The van der Waals surface area contributed by atoms with E-state index < -0.39 is 18.1 Å². The second-order valence-corrected chi connectivity index (χ2v) is 7.10. The van der Waals surface area contributed by atoms with E-state index in [1.165, 1.54) is 0 Å². The van der Waals surface area contributed by atoms with Gasteiger partial charge in [0.1, 0.15) is 12.6 Å². The van der Waals surface area contributed by atoms with Crippen molar-refractivity contribution in [3.8, 4) is 0 Å². The Kier molecular flexibility index (Phi) is 11.7. The number of carbonyl (C=O) groups excluding carboxylic acids is 1. The van der Waals surface area contributed by atoms with E-state index in [9.17, 15) is 14.7 Å². The number of alkyl carbamates (subject to hydrolysis) is 1. The van der Waals surface area contributed by atoms with Crippen LogP contribution in [0.3, 0.4) is 0 Å². The molecule has 26 heavy (non-hydrogen) atoms. The second-order valence-electron chi connectivity index (χ2n) is 5.81. The van der Waals surface area contributed by atoms with Crippen LogP contribution in [-0.4, -0.2) is 41.2 Å². The number of benzene rings is 1. The van der Waals surface area contributed by atoms with Gasteiger partial charge in [-0.15, -0.1) is 0 Å². The number of hydroxylamine groups is 1. The van der Waals surface area contributed by atoms with Crippen molar-refractivity contribution in [2.45, 2.75) is 50.1 Å². The van der Waals surface area contributed by atoms with Gasteiger partial charge in [0, 0.05) is 11.4 Å².